The zero-order chi connectivity index (χ0) is 17.5. The molecule has 3 aliphatic rings. The van der Waals surface area contributed by atoms with Gasteiger partial charge >= 0.3 is 0 Å². The van der Waals surface area contributed by atoms with Crippen LogP contribution in [0.4, 0.5) is 0 Å². The summed E-state index contributed by atoms with van der Waals surface area (Å²) >= 11 is 0. The molecule has 1 saturated carbocycles. The summed E-state index contributed by atoms with van der Waals surface area (Å²) in [6.45, 7) is 2.75. The third kappa shape index (κ3) is 2.81. The molecule has 2 fully saturated rings. The first kappa shape index (κ1) is 15.7. The van der Waals surface area contributed by atoms with Gasteiger partial charge in [0, 0.05) is 25.2 Å². The Morgan fingerprint density at radius 2 is 2.08 bits per heavy atom. The lowest BCUT2D eigenvalue weighted by Crippen LogP contribution is -2.41. The molecule has 7 heteroatoms. The smallest absolute Gasteiger partial charge is 0.226 e. The second-order valence-corrected chi connectivity index (χ2v) is 7.32. The van der Waals surface area contributed by atoms with E-state index in [-0.39, 0.29) is 17.9 Å². The Hall–Kier alpha value is -2.57. The lowest BCUT2D eigenvalue weighted by Gasteiger charge is -2.32. The molecule has 0 bridgehead atoms. The van der Waals surface area contributed by atoms with E-state index in [0.29, 0.717) is 19.1 Å². The fourth-order valence-electron chi connectivity index (χ4n) is 4.14. The van der Waals surface area contributed by atoms with Crippen LogP contribution in [0.3, 0.4) is 0 Å². The van der Waals surface area contributed by atoms with Gasteiger partial charge in [-0.1, -0.05) is 11.3 Å². The standard InChI is InChI=1S/C19H22N4O3/c24-19(22-6-1-2-14(12-22)23-7-5-20-21-23)16-11-15(16)13-3-4-17-18(10-13)26-9-8-25-17/h3-5,7,10,14-16H,1-2,6,8-9,11-12H2. The first-order valence-electron chi connectivity index (χ1n) is 9.34. The maximum Gasteiger partial charge on any atom is 0.226 e. The first-order chi connectivity index (χ1) is 12.8. The third-order valence-corrected chi connectivity index (χ3v) is 5.63. The van der Waals surface area contributed by atoms with Crippen LogP contribution < -0.4 is 9.47 Å². The molecule has 136 valence electrons. The van der Waals surface area contributed by atoms with Crippen LogP contribution in [0.5, 0.6) is 11.5 Å². The number of carbonyl (C=O) groups excluding carboxylic acids is 1. The molecule has 3 unspecified atom stereocenters. The van der Waals surface area contributed by atoms with Crippen molar-refractivity contribution >= 4 is 5.91 Å². The Balaban J connectivity index is 1.26. The largest absolute Gasteiger partial charge is 0.486 e. The predicted molar refractivity (Wildman–Crippen MR) is 93.2 cm³/mol. The van der Waals surface area contributed by atoms with Crippen molar-refractivity contribution in [1.82, 2.24) is 19.9 Å². The van der Waals surface area contributed by atoms with Crippen molar-refractivity contribution in [1.29, 1.82) is 0 Å². The maximum absolute atomic E-state index is 13.0. The molecule has 5 rings (SSSR count). The van der Waals surface area contributed by atoms with Crippen molar-refractivity contribution in [2.45, 2.75) is 31.2 Å². The summed E-state index contributed by atoms with van der Waals surface area (Å²) in [7, 11) is 0. The highest BCUT2D eigenvalue weighted by atomic mass is 16.6. The van der Waals surface area contributed by atoms with E-state index in [4.69, 9.17) is 9.47 Å². The topological polar surface area (TPSA) is 69.5 Å². The van der Waals surface area contributed by atoms with Crippen LogP contribution in [0.1, 0.15) is 36.8 Å². The number of nitrogens with zero attached hydrogens (tertiary/aromatic N) is 4. The average molecular weight is 354 g/mol. The minimum Gasteiger partial charge on any atom is -0.486 e. The second kappa shape index (κ2) is 6.30. The van der Waals surface area contributed by atoms with E-state index in [0.717, 1.165) is 43.9 Å². The third-order valence-electron chi connectivity index (χ3n) is 5.63. The number of aromatic nitrogens is 3. The lowest BCUT2D eigenvalue weighted by molar-refractivity contribution is -0.134. The molecule has 1 aliphatic carbocycles. The van der Waals surface area contributed by atoms with Gasteiger partial charge in [0.15, 0.2) is 11.5 Å². The average Bonchev–Trinajstić information content (AvgIpc) is 3.31. The summed E-state index contributed by atoms with van der Waals surface area (Å²) in [4.78, 5) is 15.0. The molecule has 0 spiro atoms. The van der Waals surface area contributed by atoms with Crippen molar-refractivity contribution < 1.29 is 14.3 Å². The number of carbonyl (C=O) groups is 1. The first-order valence-corrected chi connectivity index (χ1v) is 9.34. The highest BCUT2D eigenvalue weighted by Crippen LogP contribution is 2.50. The highest BCUT2D eigenvalue weighted by molar-refractivity contribution is 5.83. The van der Waals surface area contributed by atoms with Crippen LogP contribution in [0.25, 0.3) is 0 Å². The Morgan fingerprint density at radius 1 is 1.19 bits per heavy atom. The number of piperidine rings is 1. The summed E-state index contributed by atoms with van der Waals surface area (Å²) in [5, 5.41) is 7.99. The maximum atomic E-state index is 13.0. The Bertz CT molecular complexity index is 807. The van der Waals surface area contributed by atoms with Crippen LogP contribution >= 0.6 is 0 Å². The van der Waals surface area contributed by atoms with Gasteiger partial charge in [0.25, 0.3) is 0 Å². The molecule has 3 atom stereocenters. The monoisotopic (exact) mass is 354 g/mol. The van der Waals surface area contributed by atoms with Crippen molar-refractivity contribution in [3.05, 3.63) is 36.2 Å². The van der Waals surface area contributed by atoms with Gasteiger partial charge in [-0.05, 0) is 42.9 Å². The van der Waals surface area contributed by atoms with Crippen molar-refractivity contribution in [2.75, 3.05) is 26.3 Å². The summed E-state index contributed by atoms with van der Waals surface area (Å²) in [5.41, 5.74) is 1.18. The number of hydrogen-bond donors (Lipinski definition) is 0. The molecule has 0 radical (unpaired) electrons. The van der Waals surface area contributed by atoms with Crippen LogP contribution in [-0.4, -0.2) is 52.1 Å². The fourth-order valence-corrected chi connectivity index (χ4v) is 4.14. The molecular weight excluding hydrogens is 332 g/mol. The quantitative estimate of drug-likeness (QED) is 0.843. The Labute approximate surface area is 151 Å². The van der Waals surface area contributed by atoms with Crippen LogP contribution in [0, 0.1) is 5.92 Å². The summed E-state index contributed by atoms with van der Waals surface area (Å²) < 4.78 is 13.1. The van der Waals surface area contributed by atoms with E-state index in [1.54, 1.807) is 6.20 Å². The molecular formula is C19H22N4O3. The van der Waals surface area contributed by atoms with E-state index in [1.165, 1.54) is 5.56 Å². The zero-order valence-corrected chi connectivity index (χ0v) is 14.6. The summed E-state index contributed by atoms with van der Waals surface area (Å²) in [6, 6.07) is 6.31. The van der Waals surface area contributed by atoms with Gasteiger partial charge in [-0.3, -0.25) is 4.79 Å². The molecule has 3 heterocycles. The Morgan fingerprint density at radius 3 is 2.92 bits per heavy atom. The molecule has 1 saturated heterocycles. The molecule has 1 aromatic heterocycles. The SMILES string of the molecule is O=C(C1CC1c1ccc2c(c1)OCCO2)N1CCCC(n2ccnn2)C1. The van der Waals surface area contributed by atoms with Gasteiger partial charge in [-0.2, -0.15) is 0 Å². The summed E-state index contributed by atoms with van der Waals surface area (Å²) in [6.07, 6.45) is 6.55. The van der Waals surface area contributed by atoms with E-state index in [2.05, 4.69) is 16.4 Å². The Kier molecular flexibility index (Phi) is 3.80. The fraction of sp³-hybridized carbons (Fsp3) is 0.526. The predicted octanol–water partition coefficient (Wildman–Crippen LogP) is 2.02. The molecule has 0 N–H and O–H groups in total. The molecule has 1 amide bonds. The van der Waals surface area contributed by atoms with Crippen LogP contribution in [0.15, 0.2) is 30.6 Å². The van der Waals surface area contributed by atoms with E-state index in [9.17, 15) is 4.79 Å². The van der Waals surface area contributed by atoms with Crippen molar-refractivity contribution in [3.8, 4) is 11.5 Å². The lowest BCUT2D eigenvalue weighted by atomic mass is 10.0. The van der Waals surface area contributed by atoms with E-state index in [1.807, 2.05) is 27.9 Å². The normalized spacial score (nSPS) is 27.2. The molecule has 7 nitrogen and oxygen atoms in total. The summed E-state index contributed by atoms with van der Waals surface area (Å²) in [5.74, 6) is 2.26. The van der Waals surface area contributed by atoms with E-state index >= 15 is 0 Å². The van der Waals surface area contributed by atoms with Gasteiger partial charge in [0.05, 0.1) is 12.2 Å². The minimum absolute atomic E-state index is 0.0899. The molecule has 2 aliphatic heterocycles. The van der Waals surface area contributed by atoms with Crippen LogP contribution in [-0.2, 0) is 4.79 Å². The van der Waals surface area contributed by atoms with E-state index < -0.39 is 0 Å². The van der Waals surface area contributed by atoms with Crippen LogP contribution in [0.2, 0.25) is 0 Å². The van der Waals surface area contributed by atoms with Gasteiger partial charge in [0.2, 0.25) is 5.91 Å². The number of rotatable bonds is 3. The van der Waals surface area contributed by atoms with Gasteiger partial charge in [-0.25, -0.2) is 4.68 Å². The molecule has 1 aromatic carbocycles. The molecule has 26 heavy (non-hydrogen) atoms. The number of amides is 1. The van der Waals surface area contributed by atoms with Gasteiger partial charge in [-0.15, -0.1) is 5.10 Å². The molecule has 2 aromatic rings. The highest BCUT2D eigenvalue weighted by Gasteiger charge is 2.46. The minimum atomic E-state index is 0.0899. The number of likely N-dealkylation sites (tertiary alicyclic amines) is 1. The van der Waals surface area contributed by atoms with Crippen molar-refractivity contribution in [2.24, 2.45) is 5.92 Å². The number of ether oxygens (including phenoxy) is 2. The zero-order valence-electron chi connectivity index (χ0n) is 14.6. The van der Waals surface area contributed by atoms with Crippen molar-refractivity contribution in [3.63, 3.8) is 0 Å². The number of fused-ring (bicyclic) bond motifs is 1. The van der Waals surface area contributed by atoms with Gasteiger partial charge < -0.3 is 14.4 Å². The number of benzene rings is 1. The second-order valence-electron chi connectivity index (χ2n) is 7.32. The number of hydrogen-bond acceptors (Lipinski definition) is 5. The van der Waals surface area contributed by atoms with Gasteiger partial charge in [0.1, 0.15) is 13.2 Å².